The zero-order chi connectivity index (χ0) is 14.5. The third kappa shape index (κ3) is 3.64. The number of aliphatic carboxylic acids is 1. The van der Waals surface area contributed by atoms with E-state index in [1.165, 1.54) is 25.7 Å². The van der Waals surface area contributed by atoms with Crippen molar-refractivity contribution in [3.05, 3.63) is 0 Å². The molecule has 2 aliphatic rings. The van der Waals surface area contributed by atoms with Gasteiger partial charge < -0.3 is 14.9 Å². The minimum atomic E-state index is -0.778. The SMILES string of the molecule is CN(C(=O)N1CCC[C@H](C(=O)O)C1)C1CCCCCC1. The van der Waals surface area contributed by atoms with Crippen molar-refractivity contribution in [1.29, 1.82) is 0 Å². The number of carbonyl (C=O) groups is 2. The summed E-state index contributed by atoms with van der Waals surface area (Å²) in [6.07, 6.45) is 8.57. The van der Waals surface area contributed by atoms with Gasteiger partial charge in [0.05, 0.1) is 5.92 Å². The van der Waals surface area contributed by atoms with Crippen molar-refractivity contribution in [3.8, 4) is 0 Å². The Bertz CT molecular complexity index is 351. The summed E-state index contributed by atoms with van der Waals surface area (Å²) in [5.41, 5.74) is 0. The first kappa shape index (κ1) is 15.1. The summed E-state index contributed by atoms with van der Waals surface area (Å²) in [5, 5.41) is 9.11. The highest BCUT2D eigenvalue weighted by molar-refractivity contribution is 5.76. The molecule has 1 heterocycles. The van der Waals surface area contributed by atoms with E-state index in [2.05, 4.69) is 0 Å². The average molecular weight is 282 g/mol. The lowest BCUT2D eigenvalue weighted by atomic mass is 9.98. The van der Waals surface area contributed by atoms with E-state index in [-0.39, 0.29) is 6.03 Å². The monoisotopic (exact) mass is 282 g/mol. The Kier molecular flexibility index (Phi) is 5.26. The van der Waals surface area contributed by atoms with E-state index in [0.29, 0.717) is 25.6 Å². The molecule has 1 N–H and O–H groups in total. The zero-order valence-electron chi connectivity index (χ0n) is 12.4. The van der Waals surface area contributed by atoms with Crippen LogP contribution in [0.1, 0.15) is 51.4 Å². The van der Waals surface area contributed by atoms with Gasteiger partial charge in [-0.3, -0.25) is 4.79 Å². The van der Waals surface area contributed by atoms with E-state index in [1.807, 2.05) is 11.9 Å². The average Bonchev–Trinajstić information content (AvgIpc) is 2.75. The van der Waals surface area contributed by atoms with Crippen molar-refractivity contribution < 1.29 is 14.7 Å². The summed E-state index contributed by atoms with van der Waals surface area (Å²) < 4.78 is 0. The van der Waals surface area contributed by atoms with Crippen LogP contribution in [0.25, 0.3) is 0 Å². The van der Waals surface area contributed by atoms with E-state index >= 15 is 0 Å². The topological polar surface area (TPSA) is 60.9 Å². The molecule has 1 atom stereocenters. The smallest absolute Gasteiger partial charge is 0.320 e. The van der Waals surface area contributed by atoms with Crippen LogP contribution in [0.4, 0.5) is 4.79 Å². The van der Waals surface area contributed by atoms with Gasteiger partial charge in [0, 0.05) is 26.2 Å². The van der Waals surface area contributed by atoms with E-state index < -0.39 is 11.9 Å². The van der Waals surface area contributed by atoms with Crippen LogP contribution in [0.5, 0.6) is 0 Å². The van der Waals surface area contributed by atoms with Gasteiger partial charge in [-0.2, -0.15) is 0 Å². The molecule has 1 saturated heterocycles. The minimum Gasteiger partial charge on any atom is -0.481 e. The maximum absolute atomic E-state index is 12.5. The van der Waals surface area contributed by atoms with E-state index in [1.54, 1.807) is 4.90 Å². The molecule has 0 aromatic heterocycles. The van der Waals surface area contributed by atoms with Crippen molar-refractivity contribution in [3.63, 3.8) is 0 Å². The lowest BCUT2D eigenvalue weighted by molar-refractivity contribution is -0.143. The highest BCUT2D eigenvalue weighted by atomic mass is 16.4. The van der Waals surface area contributed by atoms with Crippen LogP contribution in [0.3, 0.4) is 0 Å². The van der Waals surface area contributed by atoms with Crippen LogP contribution < -0.4 is 0 Å². The molecule has 0 bridgehead atoms. The summed E-state index contributed by atoms with van der Waals surface area (Å²) in [6, 6.07) is 0.345. The van der Waals surface area contributed by atoms with Crippen molar-refractivity contribution >= 4 is 12.0 Å². The van der Waals surface area contributed by atoms with Crippen LogP contribution in [0.2, 0.25) is 0 Å². The van der Waals surface area contributed by atoms with E-state index in [9.17, 15) is 9.59 Å². The van der Waals surface area contributed by atoms with Crippen LogP contribution in [0.15, 0.2) is 0 Å². The second-order valence-corrected chi connectivity index (χ2v) is 6.16. The fourth-order valence-electron chi connectivity index (χ4n) is 3.38. The fourth-order valence-corrected chi connectivity index (χ4v) is 3.38. The van der Waals surface area contributed by atoms with Gasteiger partial charge in [-0.05, 0) is 25.7 Å². The second kappa shape index (κ2) is 6.95. The molecule has 0 unspecified atom stereocenters. The maximum atomic E-state index is 12.5. The number of likely N-dealkylation sites (tertiary alicyclic amines) is 1. The standard InChI is InChI=1S/C15H26N2O3/c1-16(13-8-4-2-3-5-9-13)15(20)17-10-6-7-12(11-17)14(18)19/h12-13H,2-11H2,1H3,(H,18,19)/t12-/m0/s1. The van der Waals surface area contributed by atoms with E-state index in [4.69, 9.17) is 5.11 Å². The predicted octanol–water partition coefficient (Wildman–Crippen LogP) is 2.56. The number of carboxylic acids is 1. The first-order valence-corrected chi connectivity index (χ1v) is 7.84. The lowest BCUT2D eigenvalue weighted by Crippen LogP contribution is -2.50. The Labute approximate surface area is 120 Å². The van der Waals surface area contributed by atoms with Crippen LogP contribution in [0, 0.1) is 5.92 Å². The largest absolute Gasteiger partial charge is 0.481 e. The van der Waals surface area contributed by atoms with Crippen LogP contribution in [-0.2, 0) is 4.79 Å². The second-order valence-electron chi connectivity index (χ2n) is 6.16. The van der Waals surface area contributed by atoms with Gasteiger partial charge >= 0.3 is 12.0 Å². The first-order chi connectivity index (χ1) is 9.59. The molecular weight excluding hydrogens is 256 g/mol. The molecule has 2 amide bonds. The Morgan fingerprint density at radius 1 is 1.05 bits per heavy atom. The van der Waals surface area contributed by atoms with Gasteiger partial charge in [0.2, 0.25) is 0 Å². The molecular formula is C15H26N2O3. The van der Waals surface area contributed by atoms with Gasteiger partial charge in [0.1, 0.15) is 0 Å². The number of amides is 2. The molecule has 5 nitrogen and oxygen atoms in total. The third-order valence-corrected chi connectivity index (χ3v) is 4.72. The molecule has 2 fully saturated rings. The number of piperidine rings is 1. The number of carboxylic acid groups (broad SMARTS) is 1. The molecule has 114 valence electrons. The highest BCUT2D eigenvalue weighted by Gasteiger charge is 2.31. The number of hydrogen-bond acceptors (Lipinski definition) is 2. The number of rotatable bonds is 2. The summed E-state index contributed by atoms with van der Waals surface area (Å²) in [5.74, 6) is -1.17. The fraction of sp³-hybridized carbons (Fsp3) is 0.867. The van der Waals surface area contributed by atoms with Crippen molar-refractivity contribution in [2.75, 3.05) is 20.1 Å². The van der Waals surface area contributed by atoms with Gasteiger partial charge in [-0.15, -0.1) is 0 Å². The number of carbonyl (C=O) groups excluding carboxylic acids is 1. The molecule has 1 aliphatic heterocycles. The molecule has 0 aromatic rings. The molecule has 0 spiro atoms. The first-order valence-electron chi connectivity index (χ1n) is 7.84. The lowest BCUT2D eigenvalue weighted by Gasteiger charge is -2.36. The van der Waals surface area contributed by atoms with Crippen molar-refractivity contribution in [1.82, 2.24) is 9.80 Å². The van der Waals surface area contributed by atoms with Gasteiger partial charge in [-0.1, -0.05) is 25.7 Å². The predicted molar refractivity (Wildman–Crippen MR) is 76.6 cm³/mol. The van der Waals surface area contributed by atoms with Crippen molar-refractivity contribution in [2.24, 2.45) is 5.92 Å². The number of hydrogen-bond donors (Lipinski definition) is 1. The summed E-state index contributed by atoms with van der Waals surface area (Å²) >= 11 is 0. The molecule has 0 aromatic carbocycles. The summed E-state index contributed by atoms with van der Waals surface area (Å²) in [7, 11) is 1.88. The van der Waals surface area contributed by atoms with Gasteiger partial charge in [0.25, 0.3) is 0 Å². The highest BCUT2D eigenvalue weighted by Crippen LogP contribution is 2.23. The Morgan fingerprint density at radius 2 is 1.70 bits per heavy atom. The molecule has 0 radical (unpaired) electrons. The zero-order valence-corrected chi connectivity index (χ0v) is 12.4. The van der Waals surface area contributed by atoms with Crippen LogP contribution in [-0.4, -0.2) is 53.1 Å². The Hall–Kier alpha value is -1.26. The van der Waals surface area contributed by atoms with Crippen LogP contribution >= 0.6 is 0 Å². The molecule has 1 saturated carbocycles. The maximum Gasteiger partial charge on any atom is 0.320 e. The number of nitrogens with zero attached hydrogens (tertiary/aromatic N) is 2. The number of urea groups is 1. The van der Waals surface area contributed by atoms with Gasteiger partial charge in [0.15, 0.2) is 0 Å². The van der Waals surface area contributed by atoms with Gasteiger partial charge in [-0.25, -0.2) is 4.79 Å². The molecule has 2 rings (SSSR count). The minimum absolute atomic E-state index is 0.0165. The van der Waals surface area contributed by atoms with Crippen molar-refractivity contribution in [2.45, 2.75) is 57.4 Å². The molecule has 1 aliphatic carbocycles. The quantitative estimate of drug-likeness (QED) is 0.792. The third-order valence-electron chi connectivity index (χ3n) is 4.72. The summed E-state index contributed by atoms with van der Waals surface area (Å²) in [6.45, 7) is 1.06. The normalized spacial score (nSPS) is 25.1. The van der Waals surface area contributed by atoms with E-state index in [0.717, 1.165) is 19.3 Å². The molecule has 20 heavy (non-hydrogen) atoms. The molecule has 5 heteroatoms. The Balaban J connectivity index is 1.93. The Morgan fingerprint density at radius 3 is 2.30 bits per heavy atom. The summed E-state index contributed by atoms with van der Waals surface area (Å²) in [4.78, 5) is 27.2.